The minimum atomic E-state index is -1.06. The number of anilines is 2. The number of esters is 1. The summed E-state index contributed by atoms with van der Waals surface area (Å²) < 4.78 is 15.5. The van der Waals surface area contributed by atoms with Gasteiger partial charge in [0.15, 0.2) is 0 Å². The molecule has 0 unspecified atom stereocenters. The summed E-state index contributed by atoms with van der Waals surface area (Å²) in [5.74, 6) is -1.52. The Kier molecular flexibility index (Phi) is 13.3. The highest BCUT2D eigenvalue weighted by molar-refractivity contribution is 5.91. The van der Waals surface area contributed by atoms with Crippen molar-refractivity contribution in [2.45, 2.75) is 66.0 Å². The molecule has 2 aliphatic heterocycles. The fourth-order valence-corrected chi connectivity index (χ4v) is 5.28. The number of aromatic carboxylic acids is 1. The van der Waals surface area contributed by atoms with E-state index in [4.69, 9.17) is 19.3 Å². The van der Waals surface area contributed by atoms with E-state index >= 15 is 0 Å². The Bertz CT molecular complexity index is 1470. The Morgan fingerprint density at radius 1 is 0.633 bits per heavy atom. The molecule has 2 fully saturated rings. The molecule has 2 aromatic rings. The molecular weight excluding hydrogens is 636 g/mol. The Labute approximate surface area is 287 Å². The maximum absolute atomic E-state index is 12.1. The third-order valence-electron chi connectivity index (χ3n) is 7.75. The zero-order valence-electron chi connectivity index (χ0n) is 29.5. The number of carbonyl (C=O) groups is 4. The lowest BCUT2D eigenvalue weighted by Crippen LogP contribution is -2.50. The summed E-state index contributed by atoms with van der Waals surface area (Å²) in [5.41, 5.74) is 2.10. The minimum absolute atomic E-state index is 0.105. The zero-order valence-corrected chi connectivity index (χ0v) is 29.5. The highest BCUT2D eigenvalue weighted by atomic mass is 16.6. The van der Waals surface area contributed by atoms with Gasteiger partial charge in [-0.15, -0.1) is 0 Å². The van der Waals surface area contributed by atoms with Crippen molar-refractivity contribution in [3.8, 4) is 0 Å². The summed E-state index contributed by atoms with van der Waals surface area (Å²) >= 11 is 0. The summed E-state index contributed by atoms with van der Waals surface area (Å²) in [6, 6.07) is 10.2. The van der Waals surface area contributed by atoms with Crippen LogP contribution in [-0.4, -0.2) is 120 Å². The maximum atomic E-state index is 12.1. The molecule has 0 spiro atoms. The molecule has 49 heavy (non-hydrogen) atoms. The van der Waals surface area contributed by atoms with Gasteiger partial charge in [0, 0.05) is 63.7 Å². The van der Waals surface area contributed by atoms with Crippen LogP contribution in [0.3, 0.4) is 0 Å². The van der Waals surface area contributed by atoms with Crippen molar-refractivity contribution in [1.82, 2.24) is 9.80 Å². The smallest absolute Gasteiger partial charge is 0.410 e. The van der Waals surface area contributed by atoms with Gasteiger partial charge in [0.05, 0.1) is 31.5 Å². The van der Waals surface area contributed by atoms with Crippen molar-refractivity contribution < 1.29 is 48.7 Å². The first kappa shape index (κ1) is 38.9. The van der Waals surface area contributed by atoms with Crippen LogP contribution in [0.5, 0.6) is 0 Å². The van der Waals surface area contributed by atoms with Gasteiger partial charge in [-0.3, -0.25) is 0 Å². The molecule has 14 heteroatoms. The van der Waals surface area contributed by atoms with E-state index in [0.717, 1.165) is 11.4 Å². The number of carboxylic acid groups (broad SMARTS) is 1. The summed E-state index contributed by atoms with van der Waals surface area (Å²) in [4.78, 5) is 54.5. The van der Waals surface area contributed by atoms with Crippen LogP contribution in [0.15, 0.2) is 36.4 Å². The SMILES string of the molecule is CC(C)(C)OC(=O)N1CCN(c2ccc(C(=O)O)c(CO)c2)CC1.COC(=O)c1ccc(N2CCN(C(=O)OC(C)(C)C)CC2)cc1CO. The second-order valence-electron chi connectivity index (χ2n) is 13.7. The highest BCUT2D eigenvalue weighted by Gasteiger charge is 2.28. The molecule has 2 saturated heterocycles. The van der Waals surface area contributed by atoms with Crippen LogP contribution >= 0.6 is 0 Å². The predicted molar refractivity (Wildman–Crippen MR) is 183 cm³/mol. The molecule has 2 heterocycles. The van der Waals surface area contributed by atoms with Gasteiger partial charge in [0.2, 0.25) is 0 Å². The first-order chi connectivity index (χ1) is 23.0. The van der Waals surface area contributed by atoms with E-state index in [1.54, 1.807) is 34.1 Å². The van der Waals surface area contributed by atoms with E-state index in [1.165, 1.54) is 13.2 Å². The van der Waals surface area contributed by atoms with Gasteiger partial charge < -0.3 is 49.1 Å². The third kappa shape index (κ3) is 11.2. The van der Waals surface area contributed by atoms with Crippen LogP contribution < -0.4 is 9.80 Å². The lowest BCUT2D eigenvalue weighted by molar-refractivity contribution is 0.0230. The zero-order chi connectivity index (χ0) is 36.5. The van der Waals surface area contributed by atoms with E-state index in [-0.39, 0.29) is 31.0 Å². The Morgan fingerprint density at radius 3 is 1.33 bits per heavy atom. The number of carbonyl (C=O) groups excluding carboxylic acids is 3. The number of nitrogens with zero attached hydrogens (tertiary/aromatic N) is 4. The molecule has 270 valence electrons. The normalized spacial score (nSPS) is 15.2. The molecule has 0 bridgehead atoms. The average molecular weight is 687 g/mol. The topological polar surface area (TPSA) is 170 Å². The van der Waals surface area contributed by atoms with Crippen molar-refractivity contribution in [2.24, 2.45) is 0 Å². The quantitative estimate of drug-likeness (QED) is 0.296. The number of ether oxygens (including phenoxy) is 3. The summed E-state index contributed by atoms with van der Waals surface area (Å²) in [5, 5.41) is 28.0. The van der Waals surface area contributed by atoms with Crippen LogP contribution in [0, 0.1) is 0 Å². The monoisotopic (exact) mass is 686 g/mol. The minimum Gasteiger partial charge on any atom is -0.478 e. The second-order valence-corrected chi connectivity index (χ2v) is 13.7. The molecule has 0 aliphatic carbocycles. The van der Waals surface area contributed by atoms with E-state index < -0.39 is 23.1 Å². The number of methoxy groups -OCH3 is 1. The van der Waals surface area contributed by atoms with Gasteiger partial charge in [0.1, 0.15) is 11.2 Å². The molecule has 2 amide bonds. The molecule has 0 atom stereocenters. The molecule has 4 rings (SSSR count). The first-order valence-electron chi connectivity index (χ1n) is 16.2. The highest BCUT2D eigenvalue weighted by Crippen LogP contribution is 2.24. The number of rotatable bonds is 6. The second kappa shape index (κ2) is 16.7. The van der Waals surface area contributed by atoms with Crippen LogP contribution in [0.25, 0.3) is 0 Å². The van der Waals surface area contributed by atoms with Gasteiger partial charge in [-0.2, -0.15) is 0 Å². The molecule has 2 aliphatic rings. The van der Waals surface area contributed by atoms with Crippen LogP contribution in [0.4, 0.5) is 21.0 Å². The van der Waals surface area contributed by atoms with Crippen LogP contribution in [-0.2, 0) is 27.4 Å². The lowest BCUT2D eigenvalue weighted by Gasteiger charge is -2.37. The van der Waals surface area contributed by atoms with Crippen LogP contribution in [0.2, 0.25) is 0 Å². The van der Waals surface area contributed by atoms with E-state index in [9.17, 15) is 29.4 Å². The van der Waals surface area contributed by atoms with E-state index in [2.05, 4.69) is 9.80 Å². The van der Waals surface area contributed by atoms with Gasteiger partial charge in [-0.1, -0.05) is 0 Å². The van der Waals surface area contributed by atoms with E-state index in [0.29, 0.717) is 69.0 Å². The molecular formula is C35H50N4O10. The first-order valence-corrected chi connectivity index (χ1v) is 16.2. The molecule has 2 aromatic carbocycles. The Morgan fingerprint density at radius 2 is 1.00 bits per heavy atom. The number of piperazine rings is 2. The molecule has 0 aromatic heterocycles. The fourth-order valence-electron chi connectivity index (χ4n) is 5.28. The van der Waals surface area contributed by atoms with Crippen molar-refractivity contribution in [3.05, 3.63) is 58.7 Å². The molecule has 0 saturated carbocycles. The summed E-state index contributed by atoms with van der Waals surface area (Å²) in [6.07, 6.45) is -0.622. The molecule has 14 nitrogen and oxygen atoms in total. The largest absolute Gasteiger partial charge is 0.478 e. The number of benzene rings is 2. The molecule has 0 radical (unpaired) electrons. The van der Waals surface area contributed by atoms with Gasteiger partial charge >= 0.3 is 24.1 Å². The lowest BCUT2D eigenvalue weighted by atomic mass is 10.1. The van der Waals surface area contributed by atoms with Gasteiger partial charge in [-0.05, 0) is 89.1 Å². The van der Waals surface area contributed by atoms with Gasteiger partial charge in [0.25, 0.3) is 0 Å². The number of aliphatic hydroxyl groups is 2. The van der Waals surface area contributed by atoms with Gasteiger partial charge in [-0.25, -0.2) is 19.2 Å². The van der Waals surface area contributed by atoms with E-state index in [1.807, 2.05) is 47.6 Å². The van der Waals surface area contributed by atoms with Crippen molar-refractivity contribution in [2.75, 3.05) is 69.3 Å². The third-order valence-corrected chi connectivity index (χ3v) is 7.75. The number of amides is 2. The van der Waals surface area contributed by atoms with Crippen molar-refractivity contribution >= 4 is 35.5 Å². The summed E-state index contributed by atoms with van der Waals surface area (Å²) in [6.45, 7) is 15.2. The number of hydrogen-bond donors (Lipinski definition) is 3. The van der Waals surface area contributed by atoms with Crippen LogP contribution in [0.1, 0.15) is 73.4 Å². The number of hydrogen-bond acceptors (Lipinski definition) is 11. The number of carboxylic acids is 1. The predicted octanol–water partition coefficient (Wildman–Crippen LogP) is 3.96. The Hall–Kier alpha value is -4.56. The fraction of sp³-hybridized carbons (Fsp3) is 0.543. The molecule has 3 N–H and O–H groups in total. The van der Waals surface area contributed by atoms with Crippen molar-refractivity contribution in [3.63, 3.8) is 0 Å². The number of aliphatic hydroxyl groups excluding tert-OH is 2. The maximum Gasteiger partial charge on any atom is 0.410 e. The van der Waals surface area contributed by atoms with Crippen molar-refractivity contribution in [1.29, 1.82) is 0 Å². The summed E-state index contributed by atoms with van der Waals surface area (Å²) in [7, 11) is 1.31. The Balaban J connectivity index is 0.000000266. The average Bonchev–Trinajstić information content (AvgIpc) is 3.06. The standard InChI is InChI=1S/C18H26N2O5.C17H24N2O5/c1-18(2,3)25-17(23)20-9-7-19(8-10-20)14-5-6-15(16(22)24-4)13(11-14)12-21;1-17(2,3)24-16(23)19-8-6-18(7-9-19)13-4-5-14(15(21)22)12(10-13)11-20/h5-6,11,21H,7-10,12H2,1-4H3;4-5,10,20H,6-9,11H2,1-3H3,(H,21,22).